The molecular weight excluding hydrogens is 415 g/mol. The highest BCUT2D eigenvalue weighted by molar-refractivity contribution is 7.99. The lowest BCUT2D eigenvalue weighted by molar-refractivity contribution is -0.113. The largest absolute Gasteiger partial charge is 0.453 e. The number of nitrogens with zero attached hydrogens (tertiary/aromatic N) is 3. The molecule has 2 aromatic heterocycles. The molecule has 0 aliphatic rings. The Kier molecular flexibility index (Phi) is 5.29. The molecule has 0 aliphatic heterocycles. The van der Waals surface area contributed by atoms with E-state index in [0.717, 1.165) is 10.9 Å². The number of anilines is 1. The van der Waals surface area contributed by atoms with Gasteiger partial charge in [-0.15, -0.1) is 10.2 Å². The van der Waals surface area contributed by atoms with Gasteiger partial charge in [0.1, 0.15) is 11.4 Å². The molecule has 2 heterocycles. The van der Waals surface area contributed by atoms with Gasteiger partial charge < -0.3 is 14.3 Å². The average molecular weight is 431 g/mol. The second kappa shape index (κ2) is 7.88. The van der Waals surface area contributed by atoms with Gasteiger partial charge in [0.15, 0.2) is 16.7 Å². The third-order valence-corrected chi connectivity index (χ3v) is 5.60. The van der Waals surface area contributed by atoms with Crippen LogP contribution in [0.4, 0.5) is 10.1 Å². The Morgan fingerprint density at radius 3 is 2.90 bits per heavy atom. The summed E-state index contributed by atoms with van der Waals surface area (Å²) in [5.41, 5.74) is 1.94. The predicted octanol–water partition coefficient (Wildman–Crippen LogP) is 5.06. The monoisotopic (exact) mass is 430 g/mol. The van der Waals surface area contributed by atoms with Gasteiger partial charge in [-0.25, -0.2) is 4.39 Å². The van der Waals surface area contributed by atoms with Crippen molar-refractivity contribution in [1.29, 1.82) is 0 Å². The molecule has 4 aromatic rings. The lowest BCUT2D eigenvalue weighted by Crippen LogP contribution is -2.15. The summed E-state index contributed by atoms with van der Waals surface area (Å²) >= 11 is 7.25. The van der Waals surface area contributed by atoms with Gasteiger partial charge in [-0.05, 0) is 48.9 Å². The molecule has 1 N–H and O–H groups in total. The fourth-order valence-corrected chi connectivity index (χ4v) is 3.72. The topological polar surface area (TPSA) is 73.0 Å². The average Bonchev–Trinajstić information content (AvgIpc) is 3.25. The number of rotatable bonds is 5. The molecule has 0 saturated carbocycles. The molecule has 6 nitrogen and oxygen atoms in total. The molecule has 0 atom stereocenters. The zero-order chi connectivity index (χ0) is 20.5. The van der Waals surface area contributed by atoms with Gasteiger partial charge >= 0.3 is 0 Å². The standard InChI is InChI=1S/C20H16ClFN4O2S/c1-11-3-5-14(22)9-15(11)23-18(27)10-29-20-25-24-19(26(20)2)17-8-12-7-13(21)4-6-16(12)28-17/h3-9H,10H2,1-2H3,(H,23,27). The highest BCUT2D eigenvalue weighted by Crippen LogP contribution is 2.30. The Hall–Kier alpha value is -2.84. The van der Waals surface area contributed by atoms with Crippen LogP contribution >= 0.6 is 23.4 Å². The zero-order valence-corrected chi connectivity index (χ0v) is 17.1. The fourth-order valence-electron chi connectivity index (χ4n) is 2.82. The number of carbonyl (C=O) groups is 1. The van der Waals surface area contributed by atoms with Crippen LogP contribution in [0.15, 0.2) is 52.0 Å². The van der Waals surface area contributed by atoms with Crippen molar-refractivity contribution in [3.8, 4) is 11.6 Å². The quantitative estimate of drug-likeness (QED) is 0.448. The first-order chi connectivity index (χ1) is 13.9. The summed E-state index contributed by atoms with van der Waals surface area (Å²) in [4.78, 5) is 12.2. The molecule has 0 unspecified atom stereocenters. The number of benzene rings is 2. The Labute approximate surface area is 175 Å². The van der Waals surface area contributed by atoms with Crippen molar-refractivity contribution < 1.29 is 13.6 Å². The summed E-state index contributed by atoms with van der Waals surface area (Å²) in [6.45, 7) is 1.80. The number of thioether (sulfide) groups is 1. The van der Waals surface area contributed by atoms with E-state index in [4.69, 9.17) is 16.0 Å². The highest BCUT2D eigenvalue weighted by atomic mass is 35.5. The van der Waals surface area contributed by atoms with Crippen molar-refractivity contribution in [2.45, 2.75) is 12.1 Å². The third-order valence-electron chi connectivity index (χ3n) is 4.34. The Morgan fingerprint density at radius 1 is 1.24 bits per heavy atom. The van der Waals surface area contributed by atoms with E-state index in [2.05, 4.69) is 15.5 Å². The Morgan fingerprint density at radius 2 is 2.07 bits per heavy atom. The minimum absolute atomic E-state index is 0.109. The minimum Gasteiger partial charge on any atom is -0.453 e. The maximum atomic E-state index is 13.4. The lowest BCUT2D eigenvalue weighted by Gasteiger charge is -2.08. The van der Waals surface area contributed by atoms with E-state index >= 15 is 0 Å². The molecule has 1 amide bonds. The number of hydrogen-bond donors (Lipinski definition) is 1. The van der Waals surface area contributed by atoms with Gasteiger partial charge in [-0.3, -0.25) is 4.79 Å². The first-order valence-corrected chi connectivity index (χ1v) is 10.0. The molecule has 4 rings (SSSR count). The first kappa shape index (κ1) is 19.5. The molecule has 29 heavy (non-hydrogen) atoms. The summed E-state index contributed by atoms with van der Waals surface area (Å²) < 4.78 is 21.0. The van der Waals surface area contributed by atoms with Gasteiger partial charge in [0.05, 0.1) is 5.75 Å². The molecule has 0 bridgehead atoms. The number of aryl methyl sites for hydroxylation is 1. The summed E-state index contributed by atoms with van der Waals surface area (Å²) in [6.07, 6.45) is 0. The number of amides is 1. The Bertz CT molecular complexity index is 1220. The van der Waals surface area contributed by atoms with Crippen molar-refractivity contribution in [3.05, 3.63) is 58.9 Å². The summed E-state index contributed by atoms with van der Waals surface area (Å²) in [6, 6.07) is 11.5. The molecule has 0 fully saturated rings. The maximum Gasteiger partial charge on any atom is 0.234 e. The zero-order valence-electron chi connectivity index (χ0n) is 15.6. The number of carbonyl (C=O) groups excluding carboxylic acids is 1. The summed E-state index contributed by atoms with van der Waals surface area (Å²) in [5.74, 6) is 0.554. The van der Waals surface area contributed by atoms with Gasteiger partial charge in [-0.1, -0.05) is 29.4 Å². The molecular formula is C20H16ClFN4O2S. The number of fused-ring (bicyclic) bond motifs is 1. The summed E-state index contributed by atoms with van der Waals surface area (Å²) in [7, 11) is 1.80. The van der Waals surface area contributed by atoms with Crippen molar-refractivity contribution in [1.82, 2.24) is 14.8 Å². The van der Waals surface area contributed by atoms with Crippen molar-refractivity contribution in [2.75, 3.05) is 11.1 Å². The molecule has 0 saturated heterocycles. The number of aromatic nitrogens is 3. The maximum absolute atomic E-state index is 13.4. The van der Waals surface area contributed by atoms with Crippen LogP contribution < -0.4 is 5.32 Å². The van der Waals surface area contributed by atoms with Gasteiger partial charge in [-0.2, -0.15) is 0 Å². The van der Waals surface area contributed by atoms with Gasteiger partial charge in [0, 0.05) is 23.1 Å². The van der Waals surface area contributed by atoms with E-state index in [-0.39, 0.29) is 11.7 Å². The Balaban J connectivity index is 1.47. The molecule has 148 valence electrons. The van der Waals surface area contributed by atoms with Gasteiger partial charge in [0.25, 0.3) is 0 Å². The normalized spacial score (nSPS) is 11.2. The van der Waals surface area contributed by atoms with Crippen LogP contribution in [0.2, 0.25) is 5.02 Å². The van der Waals surface area contributed by atoms with Crippen LogP contribution in [0.25, 0.3) is 22.6 Å². The van der Waals surface area contributed by atoms with Crippen molar-refractivity contribution >= 4 is 45.9 Å². The molecule has 9 heteroatoms. The summed E-state index contributed by atoms with van der Waals surface area (Å²) in [5, 5.41) is 13.1. The third kappa shape index (κ3) is 4.13. The number of hydrogen-bond acceptors (Lipinski definition) is 5. The van der Waals surface area contributed by atoms with E-state index in [1.54, 1.807) is 36.7 Å². The fraction of sp³-hybridized carbons (Fsp3) is 0.150. The number of furan rings is 1. The number of nitrogens with one attached hydrogen (secondary N) is 1. The van der Waals surface area contributed by atoms with Gasteiger partial charge in [0.2, 0.25) is 5.91 Å². The first-order valence-electron chi connectivity index (χ1n) is 8.68. The van der Waals surface area contributed by atoms with Crippen molar-refractivity contribution in [3.63, 3.8) is 0 Å². The predicted molar refractivity (Wildman–Crippen MR) is 112 cm³/mol. The minimum atomic E-state index is -0.399. The van der Waals surface area contributed by atoms with E-state index in [1.165, 1.54) is 23.9 Å². The molecule has 2 aromatic carbocycles. The highest BCUT2D eigenvalue weighted by Gasteiger charge is 2.17. The van der Waals surface area contributed by atoms with Crippen LogP contribution in [0.1, 0.15) is 5.56 Å². The van der Waals surface area contributed by atoms with Crippen LogP contribution in [0.3, 0.4) is 0 Å². The lowest BCUT2D eigenvalue weighted by atomic mass is 10.2. The van der Waals surface area contributed by atoms with Crippen LogP contribution in [-0.4, -0.2) is 26.4 Å². The van der Waals surface area contributed by atoms with E-state index in [1.807, 2.05) is 12.1 Å². The second-order valence-corrected chi connectivity index (χ2v) is 7.83. The molecule has 0 aliphatic carbocycles. The number of halogens is 2. The smallest absolute Gasteiger partial charge is 0.234 e. The molecule has 0 spiro atoms. The van der Waals surface area contributed by atoms with Crippen LogP contribution in [0, 0.1) is 12.7 Å². The SMILES string of the molecule is Cc1ccc(F)cc1NC(=O)CSc1nnc(-c2cc3cc(Cl)ccc3o2)n1C. The van der Waals surface area contributed by atoms with E-state index < -0.39 is 5.82 Å². The second-order valence-electron chi connectivity index (χ2n) is 6.45. The van der Waals surface area contributed by atoms with Crippen LogP contribution in [0.5, 0.6) is 0 Å². The van der Waals surface area contributed by atoms with Crippen LogP contribution in [-0.2, 0) is 11.8 Å². The van der Waals surface area contributed by atoms with Crippen molar-refractivity contribution in [2.24, 2.45) is 7.05 Å². The van der Waals surface area contributed by atoms with E-state index in [0.29, 0.717) is 33.0 Å². The van der Waals surface area contributed by atoms with E-state index in [9.17, 15) is 9.18 Å². The molecule has 0 radical (unpaired) electrons.